The quantitative estimate of drug-likeness (QED) is 0.282. The number of hydrogen-bond acceptors (Lipinski definition) is 5. The van der Waals surface area contributed by atoms with Gasteiger partial charge in [-0.2, -0.15) is 9.78 Å². The molecule has 0 radical (unpaired) electrons. The minimum absolute atomic E-state index is 0.0570. The van der Waals surface area contributed by atoms with Crippen LogP contribution in [0.15, 0.2) is 57.4 Å². The van der Waals surface area contributed by atoms with Crippen LogP contribution in [-0.4, -0.2) is 28.6 Å². The van der Waals surface area contributed by atoms with Gasteiger partial charge in [-0.1, -0.05) is 28.9 Å². The van der Waals surface area contributed by atoms with Gasteiger partial charge in [-0.15, -0.1) is 6.58 Å². The first-order chi connectivity index (χ1) is 15.4. The van der Waals surface area contributed by atoms with Gasteiger partial charge in [0.1, 0.15) is 5.82 Å². The molecule has 0 fully saturated rings. The maximum absolute atomic E-state index is 13.0. The summed E-state index contributed by atoms with van der Waals surface area (Å²) >= 11 is 3.41. The van der Waals surface area contributed by atoms with Crippen LogP contribution in [0, 0.1) is 6.92 Å². The number of allylic oxidation sites excluding steroid dienone is 1. The zero-order chi connectivity index (χ0) is 23.3. The Kier molecular flexibility index (Phi) is 7.85. The molecule has 0 unspecified atom stereocenters. The molecule has 0 saturated heterocycles. The Labute approximate surface area is 196 Å². The molecule has 168 valence electrons. The van der Waals surface area contributed by atoms with Gasteiger partial charge in [-0.25, -0.2) is 4.98 Å². The summed E-state index contributed by atoms with van der Waals surface area (Å²) in [6, 6.07) is 9.29. The molecule has 1 aromatic heterocycles. The summed E-state index contributed by atoms with van der Waals surface area (Å²) < 4.78 is 14.2. The summed E-state index contributed by atoms with van der Waals surface area (Å²) in [7, 11) is 0. The van der Waals surface area contributed by atoms with Crippen molar-refractivity contribution in [3.8, 4) is 11.5 Å². The van der Waals surface area contributed by atoms with Gasteiger partial charge in [0.25, 0.3) is 5.56 Å². The van der Waals surface area contributed by atoms with Crippen molar-refractivity contribution >= 4 is 33.0 Å². The molecule has 1 atom stereocenters. The van der Waals surface area contributed by atoms with Crippen LogP contribution < -0.4 is 15.0 Å². The van der Waals surface area contributed by atoms with Crippen molar-refractivity contribution in [3.05, 3.63) is 74.8 Å². The Hall–Kier alpha value is -2.93. The maximum atomic E-state index is 13.0. The summed E-state index contributed by atoms with van der Waals surface area (Å²) in [6.07, 6.45) is 5.03. The van der Waals surface area contributed by atoms with Gasteiger partial charge in [0.15, 0.2) is 11.5 Å². The van der Waals surface area contributed by atoms with E-state index in [-0.39, 0.29) is 11.7 Å². The van der Waals surface area contributed by atoms with Crippen molar-refractivity contribution in [2.24, 2.45) is 5.10 Å². The lowest BCUT2D eigenvalue weighted by Gasteiger charge is -2.20. The minimum atomic E-state index is -0.224. The highest BCUT2D eigenvalue weighted by molar-refractivity contribution is 9.10. The number of fused-ring (bicyclic) bond motifs is 1. The van der Waals surface area contributed by atoms with E-state index in [0.717, 1.165) is 27.8 Å². The van der Waals surface area contributed by atoms with E-state index in [1.54, 1.807) is 19.2 Å². The van der Waals surface area contributed by atoms with Crippen molar-refractivity contribution in [1.82, 2.24) is 9.66 Å². The van der Waals surface area contributed by atoms with Crippen molar-refractivity contribution in [2.45, 2.75) is 46.6 Å². The first-order valence-corrected chi connectivity index (χ1v) is 11.5. The van der Waals surface area contributed by atoms with Crippen molar-refractivity contribution in [1.29, 1.82) is 0 Å². The van der Waals surface area contributed by atoms with Gasteiger partial charge in [0.05, 0.1) is 29.8 Å². The summed E-state index contributed by atoms with van der Waals surface area (Å²) in [5, 5.41) is 4.95. The Morgan fingerprint density at radius 2 is 2.06 bits per heavy atom. The Morgan fingerprint density at radius 3 is 2.75 bits per heavy atom. The topological polar surface area (TPSA) is 65.7 Å². The summed E-state index contributed by atoms with van der Waals surface area (Å²) in [5.74, 6) is 1.89. The Morgan fingerprint density at radius 1 is 1.28 bits per heavy atom. The second-order valence-electron chi connectivity index (χ2n) is 7.45. The van der Waals surface area contributed by atoms with E-state index in [4.69, 9.17) is 9.47 Å². The predicted octanol–water partition coefficient (Wildman–Crippen LogP) is 5.65. The minimum Gasteiger partial charge on any atom is -0.490 e. The number of halogens is 1. The number of hydrogen-bond donors (Lipinski definition) is 0. The van der Waals surface area contributed by atoms with E-state index in [1.165, 1.54) is 4.68 Å². The molecule has 2 aromatic carbocycles. The van der Waals surface area contributed by atoms with E-state index in [1.807, 2.05) is 44.2 Å². The van der Waals surface area contributed by atoms with Crippen LogP contribution in [0.3, 0.4) is 0 Å². The van der Waals surface area contributed by atoms with E-state index in [0.29, 0.717) is 35.5 Å². The normalized spacial score (nSPS) is 12.3. The zero-order valence-corrected chi connectivity index (χ0v) is 20.5. The molecule has 0 aliphatic carbocycles. The highest BCUT2D eigenvalue weighted by Crippen LogP contribution is 2.34. The molecule has 1 heterocycles. The monoisotopic (exact) mass is 497 g/mol. The van der Waals surface area contributed by atoms with E-state index in [9.17, 15) is 4.79 Å². The molecule has 0 amide bonds. The average molecular weight is 498 g/mol. The van der Waals surface area contributed by atoms with Crippen LogP contribution >= 0.6 is 15.9 Å². The van der Waals surface area contributed by atoms with E-state index >= 15 is 0 Å². The van der Waals surface area contributed by atoms with Gasteiger partial charge in [0, 0.05) is 10.0 Å². The highest BCUT2D eigenvalue weighted by Gasteiger charge is 2.15. The predicted molar refractivity (Wildman–Crippen MR) is 133 cm³/mol. The highest BCUT2D eigenvalue weighted by atomic mass is 79.9. The SMILES string of the molecule is C=CCc1cc(C=Nn2c(C)nc3ccc(Br)cc3c2=O)cc(OCC)c1O[C@@H](C)CC. The van der Waals surface area contributed by atoms with Gasteiger partial charge in [0.2, 0.25) is 0 Å². The molecule has 0 bridgehead atoms. The van der Waals surface area contributed by atoms with Gasteiger partial charge < -0.3 is 9.47 Å². The third-order valence-corrected chi connectivity index (χ3v) is 5.50. The molecule has 0 aliphatic rings. The van der Waals surface area contributed by atoms with Gasteiger partial charge in [-0.3, -0.25) is 4.79 Å². The molecular weight excluding hydrogens is 470 g/mol. The van der Waals surface area contributed by atoms with Crippen LogP contribution in [0.5, 0.6) is 11.5 Å². The standard InChI is InChI=1S/C25H28BrN3O3/c1-6-9-19-12-18(13-23(31-8-3)24(19)32-16(4)7-2)15-27-29-17(5)28-22-11-10-20(26)14-21(22)25(29)30/h6,10-16H,1,7-9H2,2-5H3/t16-/m0/s1. The Bertz CT molecular complexity index is 1220. The lowest BCUT2D eigenvalue weighted by atomic mass is 10.1. The fourth-order valence-corrected chi connectivity index (χ4v) is 3.63. The number of rotatable bonds is 9. The molecule has 32 heavy (non-hydrogen) atoms. The number of ether oxygens (including phenoxy) is 2. The molecule has 6 nitrogen and oxygen atoms in total. The molecular formula is C25H28BrN3O3. The van der Waals surface area contributed by atoms with Crippen LogP contribution in [0.25, 0.3) is 10.9 Å². The van der Waals surface area contributed by atoms with E-state index < -0.39 is 0 Å². The first kappa shape index (κ1) is 23.7. The second kappa shape index (κ2) is 10.6. The maximum Gasteiger partial charge on any atom is 0.282 e. The largest absolute Gasteiger partial charge is 0.490 e. The van der Waals surface area contributed by atoms with Crippen molar-refractivity contribution in [2.75, 3.05) is 6.61 Å². The summed E-state index contributed by atoms with van der Waals surface area (Å²) in [5.41, 5.74) is 2.17. The number of aryl methyl sites for hydroxylation is 1. The third kappa shape index (κ3) is 5.27. The molecule has 0 spiro atoms. The van der Waals surface area contributed by atoms with Crippen LogP contribution in [0.2, 0.25) is 0 Å². The lowest BCUT2D eigenvalue weighted by molar-refractivity contribution is 0.201. The fourth-order valence-electron chi connectivity index (χ4n) is 3.27. The van der Waals surface area contributed by atoms with Crippen LogP contribution in [0.4, 0.5) is 0 Å². The molecule has 3 aromatic rings. The third-order valence-electron chi connectivity index (χ3n) is 5.00. The summed E-state index contributed by atoms with van der Waals surface area (Å²) in [6.45, 7) is 12.2. The van der Waals surface area contributed by atoms with E-state index in [2.05, 4.69) is 39.5 Å². The molecule has 0 aliphatic heterocycles. The fraction of sp³-hybridized carbons (Fsp3) is 0.320. The number of benzene rings is 2. The smallest absolute Gasteiger partial charge is 0.282 e. The molecule has 7 heteroatoms. The summed E-state index contributed by atoms with van der Waals surface area (Å²) in [4.78, 5) is 17.5. The van der Waals surface area contributed by atoms with Crippen molar-refractivity contribution < 1.29 is 9.47 Å². The lowest BCUT2D eigenvalue weighted by Crippen LogP contribution is -2.20. The number of aromatic nitrogens is 2. The molecule has 0 saturated carbocycles. The second-order valence-corrected chi connectivity index (χ2v) is 8.37. The first-order valence-electron chi connectivity index (χ1n) is 10.7. The zero-order valence-electron chi connectivity index (χ0n) is 18.9. The molecule has 3 rings (SSSR count). The van der Waals surface area contributed by atoms with Gasteiger partial charge in [-0.05, 0) is 69.5 Å². The Balaban J connectivity index is 2.08. The van der Waals surface area contributed by atoms with Crippen molar-refractivity contribution in [3.63, 3.8) is 0 Å². The van der Waals surface area contributed by atoms with Crippen LogP contribution in [-0.2, 0) is 6.42 Å². The average Bonchev–Trinajstić information content (AvgIpc) is 2.76. The number of nitrogens with zero attached hydrogens (tertiary/aromatic N) is 3. The van der Waals surface area contributed by atoms with Gasteiger partial charge >= 0.3 is 0 Å². The van der Waals surface area contributed by atoms with Crippen LogP contribution in [0.1, 0.15) is 44.1 Å². The molecule has 0 N–H and O–H groups in total.